The number of hydrogen-bond acceptors (Lipinski definition) is 4. The van der Waals surface area contributed by atoms with Gasteiger partial charge in [-0.1, -0.05) is 28.9 Å². The van der Waals surface area contributed by atoms with Crippen LogP contribution in [-0.4, -0.2) is 30.8 Å². The number of allylic oxidation sites excluding steroid dienone is 2. The first-order valence-electron chi connectivity index (χ1n) is 7.88. The van der Waals surface area contributed by atoms with Crippen LogP contribution in [0.25, 0.3) is 0 Å². The molecule has 0 aliphatic carbocycles. The van der Waals surface area contributed by atoms with Gasteiger partial charge in [0.25, 0.3) is 0 Å². The van der Waals surface area contributed by atoms with Crippen molar-refractivity contribution in [2.75, 3.05) is 13.7 Å². The summed E-state index contributed by atoms with van der Waals surface area (Å²) in [5.74, 6) is -2.18. The van der Waals surface area contributed by atoms with E-state index >= 15 is 0 Å². The van der Waals surface area contributed by atoms with Crippen molar-refractivity contribution >= 4 is 21.9 Å². The highest BCUT2D eigenvalue weighted by atomic mass is 79.9. The Hall–Kier alpha value is -1.91. The molecule has 0 amide bonds. The number of hydrogen-bond donors (Lipinski definition) is 2. The van der Waals surface area contributed by atoms with Crippen LogP contribution in [0.4, 0.5) is 4.39 Å². The Morgan fingerprint density at radius 1 is 1.56 bits per heavy atom. The van der Waals surface area contributed by atoms with Gasteiger partial charge < -0.3 is 15.2 Å². The van der Waals surface area contributed by atoms with Crippen LogP contribution in [0.2, 0.25) is 0 Å². The summed E-state index contributed by atoms with van der Waals surface area (Å²) in [6, 6.07) is 5.72. The highest BCUT2D eigenvalue weighted by molar-refractivity contribution is 9.10. The van der Waals surface area contributed by atoms with Gasteiger partial charge in [0.1, 0.15) is 11.2 Å². The zero-order valence-electron chi connectivity index (χ0n) is 14.3. The number of ether oxygens (including phenoxy) is 1. The van der Waals surface area contributed by atoms with Crippen molar-refractivity contribution in [3.8, 4) is 6.07 Å². The molecule has 2 rings (SSSR count). The molecule has 1 aliphatic heterocycles. The number of aliphatic carboxylic acids is 1. The standard InChI is InChI=1S/C18H20BrFN2O3/c1-4-18(17(23)24)15(9-25-3)22-10(2)13(8-21)16(18)12-6-5-11(20)7-14(12)19/h5-7,15-16,22H,4,9H2,1-3H3,(H,23,24). The molecule has 1 heterocycles. The van der Waals surface area contributed by atoms with Crippen LogP contribution in [0, 0.1) is 22.6 Å². The maximum Gasteiger partial charge on any atom is 0.312 e. The second kappa shape index (κ2) is 7.54. The summed E-state index contributed by atoms with van der Waals surface area (Å²) in [5, 5.41) is 23.0. The van der Waals surface area contributed by atoms with E-state index < -0.39 is 29.2 Å². The first kappa shape index (κ1) is 19.4. The van der Waals surface area contributed by atoms with Crippen LogP contribution in [0.5, 0.6) is 0 Å². The van der Waals surface area contributed by atoms with E-state index in [2.05, 4.69) is 27.3 Å². The Morgan fingerprint density at radius 2 is 2.24 bits per heavy atom. The molecule has 3 unspecified atom stereocenters. The van der Waals surface area contributed by atoms with Crippen LogP contribution in [0.1, 0.15) is 31.7 Å². The minimum Gasteiger partial charge on any atom is -0.481 e. The van der Waals surface area contributed by atoms with Crippen LogP contribution in [0.15, 0.2) is 33.9 Å². The SMILES string of the molecule is CCC1(C(=O)O)C(COC)NC(C)=C(C#N)C1c1ccc(F)cc1Br. The molecular formula is C18H20BrFN2O3. The molecule has 0 saturated carbocycles. The number of halogens is 2. The summed E-state index contributed by atoms with van der Waals surface area (Å²) in [6.45, 7) is 3.69. The van der Waals surface area contributed by atoms with Gasteiger partial charge in [0.05, 0.1) is 24.3 Å². The minimum absolute atomic E-state index is 0.172. The predicted molar refractivity (Wildman–Crippen MR) is 94.3 cm³/mol. The molecule has 1 aromatic carbocycles. The highest BCUT2D eigenvalue weighted by Crippen LogP contribution is 2.51. The van der Waals surface area contributed by atoms with Crippen molar-refractivity contribution in [1.29, 1.82) is 5.26 Å². The molecule has 5 nitrogen and oxygen atoms in total. The number of benzene rings is 1. The maximum absolute atomic E-state index is 13.5. The van der Waals surface area contributed by atoms with Crippen LogP contribution in [-0.2, 0) is 9.53 Å². The smallest absolute Gasteiger partial charge is 0.312 e. The van der Waals surface area contributed by atoms with Crippen molar-refractivity contribution < 1.29 is 19.0 Å². The molecule has 0 bridgehead atoms. The van der Waals surface area contributed by atoms with Crippen molar-refractivity contribution in [2.24, 2.45) is 5.41 Å². The van der Waals surface area contributed by atoms with E-state index in [1.807, 2.05) is 0 Å². The molecule has 1 aliphatic rings. The van der Waals surface area contributed by atoms with Gasteiger partial charge in [-0.2, -0.15) is 5.26 Å². The second-order valence-electron chi connectivity index (χ2n) is 6.10. The van der Waals surface area contributed by atoms with E-state index in [-0.39, 0.29) is 13.0 Å². The van der Waals surface area contributed by atoms with Gasteiger partial charge in [-0.15, -0.1) is 0 Å². The van der Waals surface area contributed by atoms with E-state index in [1.54, 1.807) is 13.8 Å². The van der Waals surface area contributed by atoms with Gasteiger partial charge in [-0.25, -0.2) is 4.39 Å². The van der Waals surface area contributed by atoms with Gasteiger partial charge in [0.15, 0.2) is 0 Å². The average Bonchev–Trinajstić information content (AvgIpc) is 2.55. The van der Waals surface area contributed by atoms with Crippen LogP contribution >= 0.6 is 15.9 Å². The van der Waals surface area contributed by atoms with Crippen LogP contribution < -0.4 is 5.32 Å². The topological polar surface area (TPSA) is 82.3 Å². The van der Waals surface area contributed by atoms with Crippen molar-refractivity contribution in [2.45, 2.75) is 32.2 Å². The fourth-order valence-electron chi connectivity index (χ4n) is 3.69. The lowest BCUT2D eigenvalue weighted by molar-refractivity contribution is -0.154. The van der Waals surface area contributed by atoms with Crippen LogP contribution in [0.3, 0.4) is 0 Å². The molecule has 3 atom stereocenters. The molecule has 2 N–H and O–H groups in total. The molecular weight excluding hydrogens is 391 g/mol. The normalized spacial score (nSPS) is 26.1. The van der Waals surface area contributed by atoms with Gasteiger partial charge in [0, 0.05) is 23.2 Å². The third-order valence-corrected chi connectivity index (χ3v) is 5.62. The number of carbonyl (C=O) groups is 1. The largest absolute Gasteiger partial charge is 0.481 e. The molecule has 1 aromatic rings. The number of rotatable bonds is 5. The fraction of sp³-hybridized carbons (Fsp3) is 0.444. The lowest BCUT2D eigenvalue weighted by Crippen LogP contribution is -2.58. The lowest BCUT2D eigenvalue weighted by atomic mass is 9.61. The van der Waals surface area contributed by atoms with Crippen molar-refractivity contribution in [1.82, 2.24) is 5.32 Å². The molecule has 0 radical (unpaired) electrons. The number of carboxylic acids is 1. The van der Waals surface area contributed by atoms with Crippen molar-refractivity contribution in [3.05, 3.63) is 45.3 Å². The minimum atomic E-state index is -1.30. The van der Waals surface area contributed by atoms with Gasteiger partial charge in [-0.05, 0) is 31.0 Å². The van der Waals surface area contributed by atoms with Gasteiger partial charge in [0.2, 0.25) is 0 Å². The number of carboxylic acid groups (broad SMARTS) is 1. The van der Waals surface area contributed by atoms with E-state index in [0.29, 0.717) is 21.3 Å². The van der Waals surface area contributed by atoms with E-state index in [1.165, 1.54) is 25.3 Å². The Labute approximate surface area is 154 Å². The second-order valence-corrected chi connectivity index (χ2v) is 6.96. The summed E-state index contributed by atoms with van der Waals surface area (Å²) < 4.78 is 19.2. The molecule has 0 spiro atoms. The summed E-state index contributed by atoms with van der Waals surface area (Å²) in [6.07, 6.45) is 0.274. The molecule has 7 heteroatoms. The number of methoxy groups -OCH3 is 1. The quantitative estimate of drug-likeness (QED) is 0.774. The van der Waals surface area contributed by atoms with Gasteiger partial charge in [-0.3, -0.25) is 4.79 Å². The Balaban J connectivity index is 2.81. The van der Waals surface area contributed by atoms with Crippen molar-refractivity contribution in [3.63, 3.8) is 0 Å². The Bertz CT molecular complexity index is 759. The average molecular weight is 411 g/mol. The Kier molecular flexibility index (Phi) is 5.86. The molecule has 0 fully saturated rings. The molecule has 0 saturated heterocycles. The fourth-order valence-corrected chi connectivity index (χ4v) is 4.27. The number of nitrogens with zero attached hydrogens (tertiary/aromatic N) is 1. The zero-order valence-corrected chi connectivity index (χ0v) is 15.9. The summed E-state index contributed by atoms with van der Waals surface area (Å²) >= 11 is 3.33. The van der Waals surface area contributed by atoms with Gasteiger partial charge >= 0.3 is 5.97 Å². The Morgan fingerprint density at radius 3 is 2.72 bits per heavy atom. The first-order valence-corrected chi connectivity index (χ1v) is 8.67. The van der Waals surface area contributed by atoms with E-state index in [4.69, 9.17) is 4.74 Å². The summed E-state index contributed by atoms with van der Waals surface area (Å²) in [4.78, 5) is 12.4. The number of nitriles is 1. The predicted octanol–water partition coefficient (Wildman–Crippen LogP) is 3.57. The number of nitrogens with one attached hydrogen (secondary N) is 1. The first-order chi connectivity index (χ1) is 11.8. The summed E-state index contributed by atoms with van der Waals surface area (Å²) in [5.41, 5.74) is 0.213. The third kappa shape index (κ3) is 3.16. The maximum atomic E-state index is 13.5. The molecule has 134 valence electrons. The van der Waals surface area contributed by atoms with E-state index in [0.717, 1.165) is 0 Å². The lowest BCUT2D eigenvalue weighted by Gasteiger charge is -2.47. The van der Waals surface area contributed by atoms with E-state index in [9.17, 15) is 19.6 Å². The molecule has 25 heavy (non-hydrogen) atoms. The zero-order chi connectivity index (χ0) is 18.8. The third-order valence-electron chi connectivity index (χ3n) is 4.93. The molecule has 0 aromatic heterocycles. The summed E-state index contributed by atoms with van der Waals surface area (Å²) in [7, 11) is 1.51. The monoisotopic (exact) mass is 410 g/mol. The highest BCUT2D eigenvalue weighted by Gasteiger charge is 2.56.